The minimum absolute atomic E-state index is 0.173. The average molecular weight is 321 g/mol. The van der Waals surface area contributed by atoms with Crippen molar-refractivity contribution >= 4 is 23.3 Å². The maximum Gasteiger partial charge on any atom is 0.241 e. The Hall–Kier alpha value is -2.94. The van der Waals surface area contributed by atoms with E-state index in [2.05, 4.69) is 5.32 Å². The van der Waals surface area contributed by atoms with Crippen molar-refractivity contribution in [3.8, 4) is 6.07 Å². The van der Waals surface area contributed by atoms with Crippen molar-refractivity contribution in [2.45, 2.75) is 31.6 Å². The number of carbonyl (C=O) groups is 2. The van der Waals surface area contributed by atoms with Gasteiger partial charge in [0.2, 0.25) is 11.8 Å². The molecule has 1 aromatic rings. The molecule has 120 valence electrons. The summed E-state index contributed by atoms with van der Waals surface area (Å²) < 4.78 is 5.48. The molecule has 1 spiro atoms. The van der Waals surface area contributed by atoms with Crippen LogP contribution in [0.4, 0.5) is 5.69 Å². The number of nitriles is 1. The molecule has 2 N–H and O–H groups in total. The molecule has 1 amide bonds. The minimum atomic E-state index is -1.47. The van der Waals surface area contributed by atoms with Crippen LogP contribution in [0.2, 0.25) is 0 Å². The second kappa shape index (κ2) is 4.78. The number of aryl methyl sites for hydroxylation is 1. The predicted molar refractivity (Wildman–Crippen MR) is 85.3 cm³/mol. The Balaban J connectivity index is 2.11. The van der Waals surface area contributed by atoms with Crippen molar-refractivity contribution in [3.63, 3.8) is 0 Å². The molecule has 6 nitrogen and oxygen atoms in total. The number of anilines is 1. The van der Waals surface area contributed by atoms with E-state index in [-0.39, 0.29) is 17.3 Å². The number of hydrogen-bond acceptors (Lipinski definition) is 5. The SMILES string of the molecule is Cc1ccc2c(c1)C1(C(=O)N2)C2=C(CCCC2=O)OC(=N)C1C#N. The highest BCUT2D eigenvalue weighted by atomic mass is 16.5. The van der Waals surface area contributed by atoms with Gasteiger partial charge in [0.05, 0.1) is 11.6 Å². The van der Waals surface area contributed by atoms with E-state index >= 15 is 0 Å². The van der Waals surface area contributed by atoms with Gasteiger partial charge in [0.25, 0.3) is 0 Å². The molecule has 0 bridgehead atoms. The maximum atomic E-state index is 13.0. The van der Waals surface area contributed by atoms with Crippen molar-refractivity contribution in [2.75, 3.05) is 5.32 Å². The van der Waals surface area contributed by atoms with Gasteiger partial charge < -0.3 is 10.1 Å². The van der Waals surface area contributed by atoms with Crippen LogP contribution in [-0.2, 0) is 19.7 Å². The van der Waals surface area contributed by atoms with Crippen molar-refractivity contribution in [1.29, 1.82) is 10.7 Å². The number of ether oxygens (including phenoxy) is 1. The Labute approximate surface area is 138 Å². The standard InChI is InChI=1S/C18H15N3O3/c1-9-5-6-12-10(7-9)18(17(23)21-12)11(8-19)16(20)24-14-4-2-3-13(22)15(14)18/h5-7,11,20H,2-4H2,1H3,(H,21,23). The van der Waals surface area contributed by atoms with Crippen LogP contribution in [-0.4, -0.2) is 17.6 Å². The molecule has 6 heteroatoms. The zero-order valence-electron chi connectivity index (χ0n) is 13.1. The fraction of sp³-hybridized carbons (Fsp3) is 0.333. The molecule has 2 aliphatic heterocycles. The number of nitrogens with one attached hydrogen (secondary N) is 2. The number of nitrogens with zero attached hydrogens (tertiary/aromatic N) is 1. The third-order valence-electron chi connectivity index (χ3n) is 5.02. The van der Waals surface area contributed by atoms with E-state index in [0.29, 0.717) is 36.3 Å². The molecule has 2 atom stereocenters. The number of ketones is 1. The first-order valence-corrected chi connectivity index (χ1v) is 7.85. The molecule has 0 saturated carbocycles. The zero-order valence-corrected chi connectivity index (χ0v) is 13.1. The van der Waals surface area contributed by atoms with E-state index in [4.69, 9.17) is 10.1 Å². The third kappa shape index (κ3) is 1.61. The summed E-state index contributed by atoms with van der Waals surface area (Å²) >= 11 is 0. The number of hydrogen-bond donors (Lipinski definition) is 2. The van der Waals surface area contributed by atoms with E-state index in [1.165, 1.54) is 0 Å². The fourth-order valence-electron chi connectivity index (χ4n) is 4.02. The van der Waals surface area contributed by atoms with Crippen LogP contribution >= 0.6 is 0 Å². The summed E-state index contributed by atoms with van der Waals surface area (Å²) in [5, 5.41) is 20.6. The molecule has 0 radical (unpaired) electrons. The Kier molecular flexibility index (Phi) is 2.91. The Bertz CT molecular complexity index is 893. The summed E-state index contributed by atoms with van der Waals surface area (Å²) in [4.78, 5) is 25.7. The van der Waals surface area contributed by atoms with Crippen LogP contribution in [0.3, 0.4) is 0 Å². The first kappa shape index (κ1) is 14.6. The molecule has 3 aliphatic rings. The van der Waals surface area contributed by atoms with Crippen molar-refractivity contribution < 1.29 is 14.3 Å². The molecule has 0 aromatic heterocycles. The quantitative estimate of drug-likeness (QED) is 0.765. The van der Waals surface area contributed by atoms with Gasteiger partial charge >= 0.3 is 0 Å². The summed E-state index contributed by atoms with van der Waals surface area (Å²) in [6.45, 7) is 1.89. The molecule has 24 heavy (non-hydrogen) atoms. The lowest BCUT2D eigenvalue weighted by molar-refractivity contribution is -0.124. The summed E-state index contributed by atoms with van der Waals surface area (Å²) in [6.07, 6.45) is 1.45. The number of Topliss-reactive ketones (excluding diaryl/α,β-unsaturated/α-hetero) is 1. The van der Waals surface area contributed by atoms with Crippen molar-refractivity contribution in [1.82, 2.24) is 0 Å². The van der Waals surface area contributed by atoms with Gasteiger partial charge in [0.15, 0.2) is 5.78 Å². The van der Waals surface area contributed by atoms with E-state index in [0.717, 1.165) is 5.56 Å². The molecule has 1 aliphatic carbocycles. The highest BCUT2D eigenvalue weighted by molar-refractivity contribution is 6.19. The number of fused-ring (bicyclic) bond motifs is 3. The van der Waals surface area contributed by atoms with Gasteiger partial charge in [-0.05, 0) is 25.0 Å². The number of rotatable bonds is 0. The van der Waals surface area contributed by atoms with Crippen LogP contribution in [0.5, 0.6) is 0 Å². The Morgan fingerprint density at radius 2 is 2.17 bits per heavy atom. The molecular formula is C18H15N3O3. The molecule has 1 aromatic carbocycles. The molecule has 0 saturated heterocycles. The highest BCUT2D eigenvalue weighted by Crippen LogP contribution is 2.53. The van der Waals surface area contributed by atoms with Crippen LogP contribution in [0, 0.1) is 29.6 Å². The number of benzene rings is 1. The first-order chi connectivity index (χ1) is 11.5. The number of carbonyl (C=O) groups excluding carboxylic acids is 2. The minimum Gasteiger partial charge on any atom is -0.446 e. The number of amides is 1. The van der Waals surface area contributed by atoms with E-state index in [9.17, 15) is 14.9 Å². The molecular weight excluding hydrogens is 306 g/mol. The van der Waals surface area contributed by atoms with E-state index < -0.39 is 17.2 Å². The largest absolute Gasteiger partial charge is 0.446 e. The molecule has 2 unspecified atom stereocenters. The lowest BCUT2D eigenvalue weighted by Crippen LogP contribution is -2.52. The lowest BCUT2D eigenvalue weighted by Gasteiger charge is -2.40. The van der Waals surface area contributed by atoms with Crippen molar-refractivity contribution in [2.24, 2.45) is 5.92 Å². The predicted octanol–water partition coefficient (Wildman–Crippen LogP) is 2.34. The van der Waals surface area contributed by atoms with E-state index in [1.807, 2.05) is 25.1 Å². The normalized spacial score (nSPS) is 28.2. The van der Waals surface area contributed by atoms with Crippen LogP contribution in [0.25, 0.3) is 0 Å². The summed E-state index contributed by atoms with van der Waals surface area (Å²) in [5.41, 5.74) is 0.890. The monoisotopic (exact) mass is 321 g/mol. The summed E-state index contributed by atoms with van der Waals surface area (Å²) in [5.74, 6) is -1.65. The fourth-order valence-corrected chi connectivity index (χ4v) is 4.02. The summed E-state index contributed by atoms with van der Waals surface area (Å²) in [7, 11) is 0. The Morgan fingerprint density at radius 3 is 2.92 bits per heavy atom. The zero-order chi connectivity index (χ0) is 17.1. The second-order valence-corrected chi connectivity index (χ2v) is 6.41. The molecule has 2 heterocycles. The van der Waals surface area contributed by atoms with Crippen LogP contribution in [0.1, 0.15) is 30.4 Å². The van der Waals surface area contributed by atoms with Gasteiger partial charge in [0, 0.05) is 18.5 Å². The summed E-state index contributed by atoms with van der Waals surface area (Å²) in [6, 6.07) is 7.50. The molecule has 4 rings (SSSR count). The topological polar surface area (TPSA) is 103 Å². The second-order valence-electron chi connectivity index (χ2n) is 6.41. The Morgan fingerprint density at radius 1 is 1.38 bits per heavy atom. The maximum absolute atomic E-state index is 13.0. The third-order valence-corrected chi connectivity index (χ3v) is 5.02. The molecule has 0 fully saturated rings. The van der Waals surface area contributed by atoms with Crippen LogP contribution in [0.15, 0.2) is 29.5 Å². The van der Waals surface area contributed by atoms with Crippen molar-refractivity contribution in [3.05, 3.63) is 40.7 Å². The average Bonchev–Trinajstić information content (AvgIpc) is 2.81. The van der Waals surface area contributed by atoms with E-state index in [1.54, 1.807) is 6.07 Å². The first-order valence-electron chi connectivity index (χ1n) is 7.85. The van der Waals surface area contributed by atoms with Gasteiger partial charge in [-0.3, -0.25) is 15.0 Å². The van der Waals surface area contributed by atoms with Gasteiger partial charge in [-0.2, -0.15) is 5.26 Å². The number of allylic oxidation sites excluding steroid dienone is 1. The van der Waals surface area contributed by atoms with Gasteiger partial charge in [-0.15, -0.1) is 0 Å². The smallest absolute Gasteiger partial charge is 0.241 e. The lowest BCUT2D eigenvalue weighted by atomic mass is 9.62. The van der Waals surface area contributed by atoms with Crippen LogP contribution < -0.4 is 5.32 Å². The van der Waals surface area contributed by atoms with Gasteiger partial charge in [0.1, 0.15) is 17.1 Å². The van der Waals surface area contributed by atoms with Gasteiger partial charge in [-0.25, -0.2) is 0 Å². The highest BCUT2D eigenvalue weighted by Gasteiger charge is 2.62. The van der Waals surface area contributed by atoms with Gasteiger partial charge in [-0.1, -0.05) is 17.7 Å².